The van der Waals surface area contributed by atoms with E-state index in [0.29, 0.717) is 24.9 Å². The summed E-state index contributed by atoms with van der Waals surface area (Å²) < 4.78 is 16.2. The topological polar surface area (TPSA) is 253 Å². The molecule has 1 aliphatic rings. The van der Waals surface area contributed by atoms with Gasteiger partial charge in [0.1, 0.15) is 50.2 Å². The van der Waals surface area contributed by atoms with Crippen LogP contribution in [0.3, 0.4) is 0 Å². The highest BCUT2D eigenvalue weighted by Gasteiger charge is 2.35. The Morgan fingerprint density at radius 2 is 1.19 bits per heavy atom. The minimum absolute atomic E-state index is 0.00699. The molecule has 8 amide bonds. The van der Waals surface area contributed by atoms with E-state index in [1.54, 1.807) is 45.0 Å². The molecule has 5 rings (SSSR count). The summed E-state index contributed by atoms with van der Waals surface area (Å²) >= 11 is 0. The molecule has 0 spiro atoms. The van der Waals surface area contributed by atoms with Crippen LogP contribution in [0, 0.1) is 0 Å². The Labute approximate surface area is 455 Å². The zero-order valence-electron chi connectivity index (χ0n) is 44.9. The van der Waals surface area contributed by atoms with Crippen molar-refractivity contribution in [2.45, 2.75) is 122 Å². The summed E-state index contributed by atoms with van der Waals surface area (Å²) in [7, 11) is 1.39. The summed E-state index contributed by atoms with van der Waals surface area (Å²) in [5.41, 5.74) is 2.41. The number of hydrogen-bond acceptors (Lipinski definition) is 13. The minimum atomic E-state index is -1.27. The molecule has 0 bridgehead atoms. The molecule has 0 aliphatic carbocycles. The Kier molecular flexibility index (Phi) is 25.4. The quantitative estimate of drug-likeness (QED) is 0.0231. The predicted octanol–water partition coefficient (Wildman–Crippen LogP) is 6.22. The molecule has 5 N–H and O–H groups in total. The van der Waals surface area contributed by atoms with Crippen molar-refractivity contribution in [1.29, 1.82) is 0 Å². The number of nitrogens with zero attached hydrogens (tertiary/aromatic N) is 3. The number of benzene rings is 4. The standard InChI is InChI=1S/C57H74N8O13/c1-57(2,3)78-55(72)60-34-31-49(66)58-35-32-50(67)64(76-40-44-24-13-7-14-25-44)36-19-30-48(63(4)56(73)75-39-43-22-11-6-12-23-43)52(69)61-46(28-17-33-59-54(71)74-38-42-20-9-5-10-21-42)51(68)62-47-29-18-37-65(53(47)70)77-41-45-26-15-8-16-27-45/h5-16,20-27,46-48H,17-19,28-41H2,1-4H3,(H,58,66)(H,59,71)(H,60,72)(H,61,69)(H,62,68)/t46-,47-,48-/m0/s1. The van der Waals surface area contributed by atoms with Gasteiger partial charge in [0.2, 0.25) is 23.6 Å². The molecule has 0 radical (unpaired) electrons. The average molecular weight is 1080 g/mol. The molecular formula is C57H74N8O13. The van der Waals surface area contributed by atoms with Gasteiger partial charge in [0, 0.05) is 52.6 Å². The minimum Gasteiger partial charge on any atom is -0.445 e. The molecule has 3 atom stereocenters. The lowest BCUT2D eigenvalue weighted by molar-refractivity contribution is -0.199. The second-order valence-electron chi connectivity index (χ2n) is 19.4. The van der Waals surface area contributed by atoms with Gasteiger partial charge in [-0.05, 0) is 81.5 Å². The van der Waals surface area contributed by atoms with E-state index in [1.807, 2.05) is 97.1 Å². The Bertz CT molecular complexity index is 2520. The summed E-state index contributed by atoms with van der Waals surface area (Å²) in [6.45, 7) is 5.55. The number of hydroxylamine groups is 4. The van der Waals surface area contributed by atoms with Crippen LogP contribution in [0.2, 0.25) is 0 Å². The number of carbonyl (C=O) groups is 8. The van der Waals surface area contributed by atoms with Gasteiger partial charge in [0.15, 0.2) is 0 Å². The Morgan fingerprint density at radius 3 is 1.79 bits per heavy atom. The molecule has 0 unspecified atom stereocenters. The van der Waals surface area contributed by atoms with Gasteiger partial charge in [-0.2, -0.15) is 0 Å². The summed E-state index contributed by atoms with van der Waals surface area (Å²) in [5, 5.41) is 15.9. The van der Waals surface area contributed by atoms with Crippen LogP contribution >= 0.6 is 0 Å². The van der Waals surface area contributed by atoms with E-state index in [1.165, 1.54) is 12.1 Å². The largest absolute Gasteiger partial charge is 0.445 e. The molecule has 1 aliphatic heterocycles. The van der Waals surface area contributed by atoms with Crippen LogP contribution in [0.4, 0.5) is 14.4 Å². The number of piperidine rings is 1. The first-order valence-electron chi connectivity index (χ1n) is 26.2. The third kappa shape index (κ3) is 22.7. The van der Waals surface area contributed by atoms with Crippen molar-refractivity contribution in [1.82, 2.24) is 41.6 Å². The highest BCUT2D eigenvalue weighted by molar-refractivity contribution is 5.94. The number of amides is 8. The van der Waals surface area contributed by atoms with Crippen molar-refractivity contribution < 1.29 is 62.2 Å². The van der Waals surface area contributed by atoms with Crippen LogP contribution in [0.5, 0.6) is 0 Å². The Hall–Kier alpha value is -8.04. The lowest BCUT2D eigenvalue weighted by Gasteiger charge is -2.33. The maximum atomic E-state index is 14.7. The van der Waals surface area contributed by atoms with Crippen molar-refractivity contribution in [2.24, 2.45) is 0 Å². The molecule has 4 aromatic carbocycles. The lowest BCUT2D eigenvalue weighted by Crippen LogP contribution is -2.58. The van der Waals surface area contributed by atoms with Crippen molar-refractivity contribution in [2.75, 3.05) is 39.8 Å². The van der Waals surface area contributed by atoms with Crippen LogP contribution < -0.4 is 26.6 Å². The summed E-state index contributed by atoms with van der Waals surface area (Å²) in [5.74, 6) is -2.76. The first kappa shape index (κ1) is 60.8. The molecule has 21 nitrogen and oxygen atoms in total. The zero-order chi connectivity index (χ0) is 56.1. The molecule has 1 heterocycles. The number of carbonyl (C=O) groups excluding carboxylic acids is 8. The van der Waals surface area contributed by atoms with E-state index in [-0.39, 0.29) is 91.1 Å². The van der Waals surface area contributed by atoms with Crippen LogP contribution in [0.15, 0.2) is 121 Å². The number of nitrogens with one attached hydrogen (secondary N) is 5. The molecule has 4 aromatic rings. The number of likely N-dealkylation sites (N-methyl/N-ethyl adjacent to an activating group) is 1. The highest BCUT2D eigenvalue weighted by atomic mass is 16.7. The van der Waals surface area contributed by atoms with Crippen molar-refractivity contribution in [3.05, 3.63) is 144 Å². The molecule has 1 saturated heterocycles. The normalized spacial score (nSPS) is 13.9. The molecule has 0 aromatic heterocycles. The molecule has 21 heteroatoms. The SMILES string of the molecule is CN(C(=O)OCc1ccccc1)[C@@H](CCCN(OCc1ccccc1)C(=O)CCNC(=O)CCNC(=O)OC(C)(C)C)C(=O)N[C@@H](CCCNC(=O)OCc1ccccc1)C(=O)N[C@H]1CCCN(OCc2ccccc2)C1=O. The second kappa shape index (κ2) is 32.5. The van der Waals surface area contributed by atoms with Gasteiger partial charge < -0.3 is 40.8 Å². The van der Waals surface area contributed by atoms with Crippen LogP contribution in [-0.4, -0.2) is 126 Å². The van der Waals surface area contributed by atoms with Gasteiger partial charge in [-0.25, -0.2) is 24.5 Å². The molecular weight excluding hydrogens is 1000 g/mol. The van der Waals surface area contributed by atoms with Crippen molar-refractivity contribution in [3.8, 4) is 0 Å². The maximum absolute atomic E-state index is 14.7. The van der Waals surface area contributed by atoms with E-state index in [4.69, 9.17) is 23.9 Å². The number of hydrogen-bond donors (Lipinski definition) is 5. The Morgan fingerprint density at radius 1 is 0.641 bits per heavy atom. The maximum Gasteiger partial charge on any atom is 0.410 e. The van der Waals surface area contributed by atoms with Crippen LogP contribution in [0.1, 0.15) is 94.4 Å². The summed E-state index contributed by atoms with van der Waals surface area (Å²) in [6.07, 6.45) is -1.35. The first-order chi connectivity index (χ1) is 37.5. The van der Waals surface area contributed by atoms with Gasteiger partial charge in [0.05, 0.1) is 0 Å². The zero-order valence-corrected chi connectivity index (χ0v) is 44.9. The van der Waals surface area contributed by atoms with E-state index < -0.39 is 71.5 Å². The monoisotopic (exact) mass is 1080 g/mol. The third-order valence-electron chi connectivity index (χ3n) is 12.0. The van der Waals surface area contributed by atoms with Crippen LogP contribution in [0.25, 0.3) is 0 Å². The fourth-order valence-corrected chi connectivity index (χ4v) is 7.89. The van der Waals surface area contributed by atoms with Crippen molar-refractivity contribution in [3.63, 3.8) is 0 Å². The van der Waals surface area contributed by atoms with Gasteiger partial charge in [-0.1, -0.05) is 121 Å². The average Bonchev–Trinajstić information content (AvgIpc) is 3.43. The fourth-order valence-electron chi connectivity index (χ4n) is 7.89. The van der Waals surface area contributed by atoms with E-state index in [9.17, 15) is 38.4 Å². The van der Waals surface area contributed by atoms with Crippen LogP contribution in [-0.2, 0) is 74.3 Å². The van der Waals surface area contributed by atoms with E-state index in [0.717, 1.165) is 26.7 Å². The van der Waals surface area contributed by atoms with Crippen molar-refractivity contribution >= 4 is 47.8 Å². The van der Waals surface area contributed by atoms with Gasteiger partial charge in [0.25, 0.3) is 5.91 Å². The summed E-state index contributed by atoms with van der Waals surface area (Å²) in [6, 6.07) is 33.0. The second-order valence-corrected chi connectivity index (χ2v) is 19.4. The Balaban J connectivity index is 1.28. The predicted molar refractivity (Wildman–Crippen MR) is 287 cm³/mol. The van der Waals surface area contributed by atoms with Gasteiger partial charge in [-0.3, -0.25) is 38.5 Å². The first-order valence-corrected chi connectivity index (χ1v) is 26.2. The summed E-state index contributed by atoms with van der Waals surface area (Å²) in [4.78, 5) is 120. The van der Waals surface area contributed by atoms with E-state index >= 15 is 0 Å². The number of alkyl carbamates (subject to hydrolysis) is 2. The lowest BCUT2D eigenvalue weighted by atomic mass is 10.0. The smallest absolute Gasteiger partial charge is 0.410 e. The number of ether oxygens (including phenoxy) is 3. The molecule has 0 saturated carbocycles. The number of rotatable bonds is 29. The molecule has 420 valence electrons. The third-order valence-corrected chi connectivity index (χ3v) is 12.0. The molecule has 1 fully saturated rings. The van der Waals surface area contributed by atoms with E-state index in [2.05, 4.69) is 26.6 Å². The highest BCUT2D eigenvalue weighted by Crippen LogP contribution is 2.17. The van der Waals surface area contributed by atoms with Gasteiger partial charge in [-0.15, -0.1) is 0 Å². The molecule has 78 heavy (non-hydrogen) atoms. The van der Waals surface area contributed by atoms with Gasteiger partial charge >= 0.3 is 18.3 Å². The fraction of sp³-hybridized carbons (Fsp3) is 0.439.